The van der Waals surface area contributed by atoms with Crippen molar-refractivity contribution in [2.75, 3.05) is 5.32 Å². The number of fused-ring (bicyclic) bond motifs is 1. The van der Waals surface area contributed by atoms with Gasteiger partial charge in [0.1, 0.15) is 16.3 Å². The average Bonchev–Trinajstić information content (AvgIpc) is 3.45. The van der Waals surface area contributed by atoms with Gasteiger partial charge in [-0.15, -0.1) is 35.1 Å². The SMILES string of the molecule is CC1=C(Nc2nc(-c3ccccc3)nc3scc(-c4cccs4)c23)C(=O)NC1=O.Cl. The van der Waals surface area contributed by atoms with E-state index in [2.05, 4.69) is 10.6 Å². The van der Waals surface area contributed by atoms with Crippen LogP contribution in [0.4, 0.5) is 5.82 Å². The van der Waals surface area contributed by atoms with Crippen molar-refractivity contribution in [3.8, 4) is 21.8 Å². The summed E-state index contributed by atoms with van der Waals surface area (Å²) in [7, 11) is 0. The second kappa shape index (κ2) is 7.98. The van der Waals surface area contributed by atoms with Gasteiger partial charge in [-0.25, -0.2) is 9.97 Å². The van der Waals surface area contributed by atoms with E-state index in [4.69, 9.17) is 9.97 Å². The summed E-state index contributed by atoms with van der Waals surface area (Å²) in [5, 5.41) is 10.3. The maximum absolute atomic E-state index is 12.3. The zero-order valence-electron chi connectivity index (χ0n) is 15.6. The third-order valence-electron chi connectivity index (χ3n) is 4.67. The first kappa shape index (κ1) is 20.2. The number of imide groups is 1. The highest BCUT2D eigenvalue weighted by molar-refractivity contribution is 7.18. The minimum atomic E-state index is -0.451. The number of benzene rings is 1. The first-order valence-corrected chi connectivity index (χ1v) is 10.6. The number of thiophene rings is 2. The fourth-order valence-electron chi connectivity index (χ4n) is 3.17. The Labute approximate surface area is 186 Å². The van der Waals surface area contributed by atoms with E-state index in [1.54, 1.807) is 18.3 Å². The molecule has 4 heterocycles. The van der Waals surface area contributed by atoms with Crippen LogP contribution < -0.4 is 10.6 Å². The summed E-state index contributed by atoms with van der Waals surface area (Å²) >= 11 is 3.15. The highest BCUT2D eigenvalue weighted by Gasteiger charge is 2.28. The summed E-state index contributed by atoms with van der Waals surface area (Å²) in [4.78, 5) is 35.5. The lowest BCUT2D eigenvalue weighted by atomic mass is 10.1. The number of nitrogens with zero attached hydrogens (tertiary/aromatic N) is 2. The quantitative estimate of drug-likeness (QED) is 0.430. The number of hydrogen-bond acceptors (Lipinski definition) is 7. The van der Waals surface area contributed by atoms with Crippen LogP contribution >= 0.6 is 35.1 Å². The molecule has 0 fully saturated rings. The molecule has 2 amide bonds. The third-order valence-corrected chi connectivity index (χ3v) is 6.44. The maximum Gasteiger partial charge on any atom is 0.275 e. The van der Waals surface area contributed by atoms with Gasteiger partial charge in [0.25, 0.3) is 11.8 Å². The van der Waals surface area contributed by atoms with Crippen molar-refractivity contribution >= 4 is 62.9 Å². The monoisotopic (exact) mass is 454 g/mol. The van der Waals surface area contributed by atoms with Gasteiger partial charge < -0.3 is 5.32 Å². The van der Waals surface area contributed by atoms with Gasteiger partial charge in [0.2, 0.25) is 0 Å². The molecule has 30 heavy (non-hydrogen) atoms. The zero-order valence-corrected chi connectivity index (χ0v) is 18.1. The van der Waals surface area contributed by atoms with Crippen LogP contribution in [0.15, 0.2) is 64.5 Å². The number of anilines is 1. The van der Waals surface area contributed by atoms with Gasteiger partial charge in [0.05, 0.1) is 5.39 Å². The molecule has 9 heteroatoms. The van der Waals surface area contributed by atoms with E-state index in [0.29, 0.717) is 17.2 Å². The fourth-order valence-corrected chi connectivity index (χ4v) is 4.94. The van der Waals surface area contributed by atoms with Gasteiger partial charge in [-0.05, 0) is 18.4 Å². The summed E-state index contributed by atoms with van der Waals surface area (Å²) in [5.41, 5.74) is 2.44. The molecule has 5 rings (SSSR count). The number of aromatic nitrogens is 2. The van der Waals surface area contributed by atoms with Gasteiger partial charge >= 0.3 is 0 Å². The Hall–Kier alpha value is -3.07. The number of carbonyl (C=O) groups is 2. The Balaban J connectivity index is 0.00000218. The van der Waals surface area contributed by atoms with Crippen molar-refractivity contribution in [3.63, 3.8) is 0 Å². The Morgan fingerprint density at radius 3 is 2.43 bits per heavy atom. The molecule has 6 nitrogen and oxygen atoms in total. The molecule has 0 atom stereocenters. The number of amides is 2. The van der Waals surface area contributed by atoms with E-state index < -0.39 is 11.8 Å². The van der Waals surface area contributed by atoms with Crippen molar-refractivity contribution in [1.82, 2.24) is 15.3 Å². The number of hydrogen-bond donors (Lipinski definition) is 2. The van der Waals surface area contributed by atoms with Crippen LogP contribution in [0.2, 0.25) is 0 Å². The van der Waals surface area contributed by atoms with Crippen molar-refractivity contribution in [3.05, 3.63) is 64.5 Å². The van der Waals surface area contributed by atoms with Gasteiger partial charge in [-0.2, -0.15) is 0 Å². The smallest absolute Gasteiger partial charge is 0.275 e. The molecule has 0 saturated carbocycles. The van der Waals surface area contributed by atoms with Crippen molar-refractivity contribution < 1.29 is 9.59 Å². The zero-order chi connectivity index (χ0) is 20.0. The standard InChI is InChI=1S/C21H14N4O2S2.ClH/c1-11-16(20(27)25-19(11)26)22-18-15-13(14-8-5-9-28-14)10-29-21(15)24-17(23-18)12-6-3-2-4-7-12;/h2-10H,1H3,(H2,22,23,24,25,26,27);1H. The second-order valence-corrected chi connectivity index (χ2v) is 8.28. The van der Waals surface area contributed by atoms with Crippen LogP contribution in [0.25, 0.3) is 32.0 Å². The van der Waals surface area contributed by atoms with Crippen LogP contribution in [0.5, 0.6) is 0 Å². The van der Waals surface area contributed by atoms with Crippen LogP contribution in [0.1, 0.15) is 6.92 Å². The number of carbonyl (C=O) groups excluding carboxylic acids is 2. The van der Waals surface area contributed by atoms with E-state index in [9.17, 15) is 9.59 Å². The number of rotatable bonds is 4. The predicted molar refractivity (Wildman–Crippen MR) is 123 cm³/mol. The molecule has 0 aliphatic carbocycles. The maximum atomic E-state index is 12.3. The fraction of sp³-hybridized carbons (Fsp3) is 0.0476. The minimum absolute atomic E-state index is 0. The Bertz CT molecular complexity index is 1300. The predicted octanol–water partition coefficient (Wildman–Crippen LogP) is 4.85. The summed E-state index contributed by atoms with van der Waals surface area (Å²) < 4.78 is 0. The first-order valence-electron chi connectivity index (χ1n) is 8.84. The van der Waals surface area contributed by atoms with Crippen LogP contribution in [-0.2, 0) is 9.59 Å². The van der Waals surface area contributed by atoms with Crippen molar-refractivity contribution in [1.29, 1.82) is 0 Å². The van der Waals surface area contributed by atoms with Crippen molar-refractivity contribution in [2.45, 2.75) is 6.92 Å². The molecule has 0 unspecified atom stereocenters. The van der Waals surface area contributed by atoms with Crippen LogP contribution in [0.3, 0.4) is 0 Å². The largest absolute Gasteiger partial charge is 0.335 e. The Kier molecular flexibility index (Phi) is 5.38. The molecule has 150 valence electrons. The highest BCUT2D eigenvalue weighted by atomic mass is 35.5. The summed E-state index contributed by atoms with van der Waals surface area (Å²) in [6, 6.07) is 13.7. The molecular weight excluding hydrogens is 440 g/mol. The van der Waals surface area contributed by atoms with Crippen molar-refractivity contribution in [2.24, 2.45) is 0 Å². The lowest BCUT2D eigenvalue weighted by Crippen LogP contribution is -2.24. The average molecular weight is 455 g/mol. The van der Waals surface area contributed by atoms with Gasteiger partial charge in [0, 0.05) is 27.0 Å². The topological polar surface area (TPSA) is 84.0 Å². The second-order valence-electron chi connectivity index (χ2n) is 6.48. The normalized spacial score (nSPS) is 13.5. The van der Waals surface area contributed by atoms with Gasteiger partial charge in [-0.1, -0.05) is 36.4 Å². The molecule has 0 bridgehead atoms. The molecular formula is C21H15ClN4O2S2. The van der Waals surface area contributed by atoms with Crippen LogP contribution in [0, 0.1) is 0 Å². The molecule has 4 aromatic rings. The van der Waals surface area contributed by atoms with Gasteiger partial charge in [0.15, 0.2) is 5.82 Å². The van der Waals surface area contributed by atoms with E-state index >= 15 is 0 Å². The summed E-state index contributed by atoms with van der Waals surface area (Å²) in [5.74, 6) is 0.226. The highest BCUT2D eigenvalue weighted by Crippen LogP contribution is 2.40. The van der Waals surface area contributed by atoms with Gasteiger partial charge in [-0.3, -0.25) is 14.9 Å². The lowest BCUT2D eigenvalue weighted by molar-refractivity contribution is -0.124. The molecule has 0 spiro atoms. The molecule has 0 radical (unpaired) electrons. The molecule has 1 aromatic carbocycles. The lowest BCUT2D eigenvalue weighted by Gasteiger charge is -2.10. The van der Waals surface area contributed by atoms with E-state index in [-0.39, 0.29) is 18.1 Å². The van der Waals surface area contributed by atoms with E-state index in [0.717, 1.165) is 26.2 Å². The van der Waals surface area contributed by atoms with E-state index in [1.165, 1.54) is 11.3 Å². The Morgan fingerprint density at radius 1 is 0.967 bits per heavy atom. The van der Waals surface area contributed by atoms with E-state index in [1.807, 2.05) is 53.2 Å². The molecule has 0 saturated heterocycles. The molecule has 1 aliphatic heterocycles. The Morgan fingerprint density at radius 2 is 1.77 bits per heavy atom. The minimum Gasteiger partial charge on any atom is -0.335 e. The van der Waals surface area contributed by atoms with Crippen LogP contribution in [-0.4, -0.2) is 21.8 Å². The molecule has 1 aliphatic rings. The molecule has 2 N–H and O–H groups in total. The summed E-state index contributed by atoms with van der Waals surface area (Å²) in [6.07, 6.45) is 0. The number of nitrogens with one attached hydrogen (secondary N) is 2. The first-order chi connectivity index (χ1) is 14.1. The third kappa shape index (κ3) is 3.39. The molecule has 3 aromatic heterocycles. The summed E-state index contributed by atoms with van der Waals surface area (Å²) in [6.45, 7) is 1.62. The number of halogens is 1.